The molecule has 3 N–H and O–H groups in total. The smallest absolute Gasteiger partial charge is 0.404 e. The second-order valence-electron chi connectivity index (χ2n) is 5.46. The zero-order chi connectivity index (χ0) is 17.3. The summed E-state index contributed by atoms with van der Waals surface area (Å²) in [6, 6.07) is 9.63. The van der Waals surface area contributed by atoms with Gasteiger partial charge in [-0.25, -0.2) is 4.79 Å². The molecule has 0 bridgehead atoms. The first-order valence-electron chi connectivity index (χ1n) is 7.26. The molecular weight excluding hydrogens is 310 g/mol. The van der Waals surface area contributed by atoms with E-state index in [0.717, 1.165) is 5.56 Å². The van der Waals surface area contributed by atoms with E-state index in [4.69, 9.17) is 5.11 Å². The molecule has 0 unspecified atom stereocenters. The third-order valence-corrected chi connectivity index (χ3v) is 3.64. The average molecular weight is 325 g/mol. The first-order chi connectivity index (χ1) is 11.4. The van der Waals surface area contributed by atoms with Crippen molar-refractivity contribution in [3.05, 3.63) is 74.4 Å². The number of aryl methyl sites for hydroxylation is 1. The summed E-state index contributed by atoms with van der Waals surface area (Å²) >= 11 is 0. The highest BCUT2D eigenvalue weighted by Gasteiger charge is 2.07. The van der Waals surface area contributed by atoms with Gasteiger partial charge in [-0.15, -0.1) is 0 Å². The van der Waals surface area contributed by atoms with Gasteiger partial charge in [0.05, 0.1) is 6.54 Å². The van der Waals surface area contributed by atoms with Gasteiger partial charge in [0.25, 0.3) is 5.56 Å². The molecule has 0 aliphatic carbocycles. The van der Waals surface area contributed by atoms with Crippen molar-refractivity contribution < 1.29 is 9.90 Å². The number of aromatic amines is 1. The van der Waals surface area contributed by atoms with Gasteiger partial charge in [0, 0.05) is 40.6 Å². The molecule has 0 fully saturated rings. The summed E-state index contributed by atoms with van der Waals surface area (Å²) in [7, 11) is 0. The lowest BCUT2D eigenvalue weighted by Crippen LogP contribution is -2.22. The van der Waals surface area contributed by atoms with Crippen LogP contribution in [0.5, 0.6) is 0 Å². The Morgan fingerprint density at radius 2 is 2.00 bits per heavy atom. The maximum atomic E-state index is 12.3. The molecule has 0 aliphatic heterocycles. The number of aromatic nitrogens is 2. The number of amides is 1. The van der Waals surface area contributed by atoms with Crippen molar-refractivity contribution in [2.75, 3.05) is 0 Å². The topological polar surface area (TPSA) is 104 Å². The van der Waals surface area contributed by atoms with Crippen molar-refractivity contribution in [2.45, 2.75) is 13.5 Å². The Balaban J connectivity index is 2.09. The van der Waals surface area contributed by atoms with Gasteiger partial charge in [-0.05, 0) is 30.7 Å². The van der Waals surface area contributed by atoms with Gasteiger partial charge < -0.3 is 15.4 Å². The van der Waals surface area contributed by atoms with E-state index in [-0.39, 0.29) is 17.5 Å². The number of carboxylic acid groups (broad SMARTS) is 1. The van der Waals surface area contributed by atoms with Crippen molar-refractivity contribution in [1.82, 2.24) is 14.9 Å². The van der Waals surface area contributed by atoms with Crippen LogP contribution in [0.25, 0.3) is 16.6 Å². The van der Waals surface area contributed by atoms with Crippen LogP contribution in [0.1, 0.15) is 11.3 Å². The van der Waals surface area contributed by atoms with Crippen LogP contribution in [0.3, 0.4) is 0 Å². The van der Waals surface area contributed by atoms with Crippen molar-refractivity contribution in [3.8, 4) is 5.69 Å². The summed E-state index contributed by atoms with van der Waals surface area (Å²) in [5.74, 6) is 0. The first kappa shape index (κ1) is 15.5. The standard InChI is InChI=1S/C17H15N3O4/c1-10-2-5-16(22)20(9-10)12-3-4-14-13(7-12)15(21)6-11(19-14)8-18-17(23)24/h2-7,9,18H,8H2,1H3,(H,19,21)(H,23,24). The molecule has 3 rings (SSSR count). The molecule has 24 heavy (non-hydrogen) atoms. The average Bonchev–Trinajstić information content (AvgIpc) is 2.55. The first-order valence-corrected chi connectivity index (χ1v) is 7.26. The Hall–Kier alpha value is -3.35. The van der Waals surface area contributed by atoms with Crippen LogP contribution in [-0.4, -0.2) is 20.8 Å². The van der Waals surface area contributed by atoms with Gasteiger partial charge in [-0.3, -0.25) is 14.2 Å². The summed E-state index contributed by atoms with van der Waals surface area (Å²) < 4.78 is 1.48. The van der Waals surface area contributed by atoms with Crippen LogP contribution in [0, 0.1) is 6.92 Å². The number of H-pyrrole nitrogens is 1. The molecule has 0 saturated heterocycles. The number of carbonyl (C=O) groups is 1. The predicted octanol–water partition coefficient (Wildman–Crippen LogP) is 1.76. The van der Waals surface area contributed by atoms with Gasteiger partial charge in [-0.2, -0.15) is 0 Å². The molecular formula is C17H15N3O4. The van der Waals surface area contributed by atoms with E-state index >= 15 is 0 Å². The van der Waals surface area contributed by atoms with Crippen molar-refractivity contribution in [2.24, 2.45) is 0 Å². The van der Waals surface area contributed by atoms with E-state index in [1.54, 1.807) is 30.5 Å². The molecule has 7 heteroatoms. The highest BCUT2D eigenvalue weighted by atomic mass is 16.4. The Labute approximate surface area is 136 Å². The summed E-state index contributed by atoms with van der Waals surface area (Å²) in [5, 5.41) is 11.3. The highest BCUT2D eigenvalue weighted by molar-refractivity contribution is 5.81. The van der Waals surface area contributed by atoms with E-state index in [1.165, 1.54) is 16.7 Å². The lowest BCUT2D eigenvalue weighted by molar-refractivity contribution is 0.194. The second-order valence-corrected chi connectivity index (χ2v) is 5.46. The number of hydrogen-bond acceptors (Lipinski definition) is 3. The number of fused-ring (bicyclic) bond motifs is 1. The number of nitrogens with zero attached hydrogens (tertiary/aromatic N) is 1. The van der Waals surface area contributed by atoms with Crippen LogP contribution in [0.2, 0.25) is 0 Å². The predicted molar refractivity (Wildman–Crippen MR) is 89.8 cm³/mol. The van der Waals surface area contributed by atoms with Gasteiger partial charge in [0.1, 0.15) is 0 Å². The van der Waals surface area contributed by atoms with Crippen LogP contribution in [0.4, 0.5) is 4.79 Å². The van der Waals surface area contributed by atoms with Gasteiger partial charge in [-0.1, -0.05) is 6.07 Å². The largest absolute Gasteiger partial charge is 0.465 e. The fraction of sp³-hybridized carbons (Fsp3) is 0.118. The second kappa shape index (κ2) is 6.04. The Morgan fingerprint density at radius 1 is 1.21 bits per heavy atom. The maximum Gasteiger partial charge on any atom is 0.404 e. The monoisotopic (exact) mass is 325 g/mol. The molecule has 1 aromatic carbocycles. The third kappa shape index (κ3) is 3.05. The molecule has 3 aromatic rings. The summed E-state index contributed by atoms with van der Waals surface area (Å²) in [5.41, 5.74) is 2.15. The fourth-order valence-corrected chi connectivity index (χ4v) is 2.50. The third-order valence-electron chi connectivity index (χ3n) is 3.64. The zero-order valence-electron chi connectivity index (χ0n) is 12.9. The van der Waals surface area contributed by atoms with Crippen LogP contribution in [-0.2, 0) is 6.54 Å². The number of benzene rings is 1. The van der Waals surface area contributed by atoms with Gasteiger partial charge in [0.2, 0.25) is 0 Å². The van der Waals surface area contributed by atoms with Crippen molar-refractivity contribution in [1.29, 1.82) is 0 Å². The molecule has 0 spiro atoms. The molecule has 1 amide bonds. The van der Waals surface area contributed by atoms with Crippen LogP contribution < -0.4 is 16.3 Å². The van der Waals surface area contributed by atoms with E-state index in [9.17, 15) is 14.4 Å². The van der Waals surface area contributed by atoms with Crippen LogP contribution in [0.15, 0.2) is 52.2 Å². The lowest BCUT2D eigenvalue weighted by atomic mass is 10.1. The summed E-state index contributed by atoms with van der Waals surface area (Å²) in [4.78, 5) is 37.9. The summed E-state index contributed by atoms with van der Waals surface area (Å²) in [6.45, 7) is 1.89. The number of rotatable bonds is 3. The quantitative estimate of drug-likeness (QED) is 0.682. The molecule has 0 radical (unpaired) electrons. The summed E-state index contributed by atoms with van der Waals surface area (Å²) in [6.07, 6.45) is 0.549. The normalized spacial score (nSPS) is 10.7. The van der Waals surface area contributed by atoms with Crippen LogP contribution >= 0.6 is 0 Å². The molecule has 7 nitrogen and oxygen atoms in total. The van der Waals surface area contributed by atoms with E-state index < -0.39 is 6.09 Å². The Morgan fingerprint density at radius 3 is 2.75 bits per heavy atom. The lowest BCUT2D eigenvalue weighted by Gasteiger charge is -2.09. The Bertz CT molecular complexity index is 1050. The molecule has 2 aromatic heterocycles. The number of hydrogen-bond donors (Lipinski definition) is 3. The minimum absolute atomic E-state index is 0.0135. The van der Waals surface area contributed by atoms with Gasteiger partial charge in [0.15, 0.2) is 5.43 Å². The molecule has 122 valence electrons. The van der Waals surface area contributed by atoms with Crippen molar-refractivity contribution >= 4 is 17.0 Å². The Kier molecular flexibility index (Phi) is 3.91. The highest BCUT2D eigenvalue weighted by Crippen LogP contribution is 2.14. The van der Waals surface area contributed by atoms with E-state index in [1.807, 2.05) is 6.92 Å². The van der Waals surface area contributed by atoms with Crippen molar-refractivity contribution in [3.63, 3.8) is 0 Å². The minimum Gasteiger partial charge on any atom is -0.465 e. The zero-order valence-corrected chi connectivity index (χ0v) is 12.9. The van der Waals surface area contributed by atoms with E-state index in [0.29, 0.717) is 22.3 Å². The fourth-order valence-electron chi connectivity index (χ4n) is 2.50. The molecule has 0 saturated carbocycles. The number of nitrogens with one attached hydrogen (secondary N) is 2. The maximum absolute atomic E-state index is 12.3. The molecule has 0 aliphatic rings. The van der Waals surface area contributed by atoms with E-state index in [2.05, 4.69) is 10.3 Å². The number of pyridine rings is 2. The molecule has 0 atom stereocenters. The van der Waals surface area contributed by atoms with Gasteiger partial charge >= 0.3 is 6.09 Å². The molecule has 2 heterocycles. The SMILES string of the molecule is Cc1ccc(=O)n(-c2ccc3[nH]c(CNC(=O)O)cc(=O)c3c2)c1. The minimum atomic E-state index is -1.16.